The zero-order chi connectivity index (χ0) is 14.9. The number of halogens is 2. The highest BCUT2D eigenvalue weighted by Gasteiger charge is 2.12. The number of nitrogens with two attached hydrogens (primary N) is 1. The predicted octanol–water partition coefficient (Wildman–Crippen LogP) is 3.87. The van der Waals surface area contributed by atoms with E-state index >= 15 is 0 Å². The van der Waals surface area contributed by atoms with E-state index in [1.54, 1.807) is 6.07 Å². The minimum Gasteiger partial charge on any atom is -0.389 e. The van der Waals surface area contributed by atoms with Gasteiger partial charge in [-0.25, -0.2) is 4.39 Å². The first kappa shape index (κ1) is 14.7. The highest BCUT2D eigenvalue weighted by Crippen LogP contribution is 2.26. The highest BCUT2D eigenvalue weighted by atomic mass is 35.5. The maximum absolute atomic E-state index is 13.5. The Labute approximate surface area is 127 Å². The molecule has 104 valence electrons. The maximum atomic E-state index is 13.5. The van der Waals surface area contributed by atoms with Crippen molar-refractivity contribution in [1.82, 2.24) is 4.98 Å². The SMILES string of the molecule is Cc1cc(Nc2ccc(Cl)c(F)c2)c(C(N)=S)c(C)n1. The van der Waals surface area contributed by atoms with E-state index in [1.807, 2.05) is 19.9 Å². The third kappa shape index (κ3) is 3.05. The van der Waals surface area contributed by atoms with Crippen LogP contribution in [0, 0.1) is 19.7 Å². The van der Waals surface area contributed by atoms with Crippen molar-refractivity contribution >= 4 is 40.2 Å². The van der Waals surface area contributed by atoms with Gasteiger partial charge in [-0.2, -0.15) is 0 Å². The molecule has 0 atom stereocenters. The lowest BCUT2D eigenvalue weighted by Crippen LogP contribution is -2.15. The summed E-state index contributed by atoms with van der Waals surface area (Å²) in [5, 5.41) is 3.17. The van der Waals surface area contributed by atoms with Crippen LogP contribution < -0.4 is 11.1 Å². The number of nitrogens with one attached hydrogen (secondary N) is 1. The molecule has 1 heterocycles. The van der Waals surface area contributed by atoms with E-state index in [2.05, 4.69) is 10.3 Å². The molecular weight excluding hydrogens is 297 g/mol. The van der Waals surface area contributed by atoms with Crippen molar-refractivity contribution in [2.24, 2.45) is 5.73 Å². The first-order valence-corrected chi connectivity index (χ1v) is 6.67. The monoisotopic (exact) mass is 309 g/mol. The van der Waals surface area contributed by atoms with Gasteiger partial charge in [-0.05, 0) is 38.1 Å². The van der Waals surface area contributed by atoms with Crippen molar-refractivity contribution in [3.8, 4) is 0 Å². The Kier molecular flexibility index (Phi) is 4.20. The molecule has 0 fully saturated rings. The molecule has 0 aliphatic carbocycles. The van der Waals surface area contributed by atoms with Crippen LogP contribution in [0.15, 0.2) is 24.3 Å². The van der Waals surface area contributed by atoms with Crippen molar-refractivity contribution in [2.75, 3.05) is 5.32 Å². The average Bonchev–Trinajstić information content (AvgIpc) is 2.32. The minimum atomic E-state index is -0.490. The fraction of sp³-hybridized carbons (Fsp3) is 0.143. The summed E-state index contributed by atoms with van der Waals surface area (Å²) in [6, 6.07) is 6.30. The van der Waals surface area contributed by atoms with Gasteiger partial charge in [-0.15, -0.1) is 0 Å². The van der Waals surface area contributed by atoms with Gasteiger partial charge in [0.25, 0.3) is 0 Å². The molecule has 0 saturated heterocycles. The molecule has 0 spiro atoms. The van der Waals surface area contributed by atoms with E-state index in [0.717, 1.165) is 11.4 Å². The topological polar surface area (TPSA) is 50.9 Å². The van der Waals surface area contributed by atoms with Gasteiger partial charge >= 0.3 is 0 Å². The molecule has 1 aromatic heterocycles. The van der Waals surface area contributed by atoms with E-state index in [1.165, 1.54) is 12.1 Å². The Morgan fingerprint density at radius 3 is 2.65 bits per heavy atom. The summed E-state index contributed by atoms with van der Waals surface area (Å²) in [7, 11) is 0. The first-order chi connectivity index (χ1) is 9.38. The first-order valence-electron chi connectivity index (χ1n) is 5.88. The van der Waals surface area contributed by atoms with Gasteiger partial charge in [0.1, 0.15) is 10.8 Å². The molecule has 6 heteroatoms. The van der Waals surface area contributed by atoms with E-state index < -0.39 is 5.82 Å². The Morgan fingerprint density at radius 2 is 2.05 bits per heavy atom. The Bertz CT molecular complexity index is 688. The molecule has 0 unspecified atom stereocenters. The molecule has 0 saturated carbocycles. The van der Waals surface area contributed by atoms with Crippen molar-refractivity contribution in [3.05, 3.63) is 52.1 Å². The van der Waals surface area contributed by atoms with Crippen LogP contribution in [0.25, 0.3) is 0 Å². The summed E-state index contributed by atoms with van der Waals surface area (Å²) in [5.74, 6) is -0.490. The minimum absolute atomic E-state index is 0.0761. The number of benzene rings is 1. The molecule has 2 aromatic rings. The van der Waals surface area contributed by atoms with Crippen LogP contribution in [0.2, 0.25) is 5.02 Å². The van der Waals surface area contributed by atoms with Gasteiger partial charge in [0.15, 0.2) is 0 Å². The fourth-order valence-corrected chi connectivity index (χ4v) is 2.34. The summed E-state index contributed by atoms with van der Waals surface area (Å²) in [5.41, 5.74) is 9.20. The summed E-state index contributed by atoms with van der Waals surface area (Å²) in [4.78, 5) is 4.57. The number of aromatic nitrogens is 1. The van der Waals surface area contributed by atoms with Crippen LogP contribution >= 0.6 is 23.8 Å². The van der Waals surface area contributed by atoms with Gasteiger partial charge in [0.2, 0.25) is 0 Å². The number of hydrogen-bond donors (Lipinski definition) is 2. The van der Waals surface area contributed by atoms with Crippen LogP contribution in [-0.2, 0) is 0 Å². The van der Waals surface area contributed by atoms with Crippen molar-refractivity contribution < 1.29 is 4.39 Å². The van der Waals surface area contributed by atoms with Crippen molar-refractivity contribution in [2.45, 2.75) is 13.8 Å². The number of anilines is 2. The van der Waals surface area contributed by atoms with Crippen LogP contribution in [0.5, 0.6) is 0 Å². The second kappa shape index (κ2) is 5.73. The molecule has 0 aliphatic heterocycles. The summed E-state index contributed by atoms with van der Waals surface area (Å²) >= 11 is 10.7. The van der Waals surface area contributed by atoms with Crippen LogP contribution in [0.4, 0.5) is 15.8 Å². The lowest BCUT2D eigenvalue weighted by atomic mass is 10.1. The van der Waals surface area contributed by atoms with E-state index in [4.69, 9.17) is 29.6 Å². The Morgan fingerprint density at radius 1 is 1.35 bits per heavy atom. The molecule has 3 N–H and O–H groups in total. The zero-order valence-electron chi connectivity index (χ0n) is 11.0. The van der Waals surface area contributed by atoms with Gasteiger partial charge < -0.3 is 11.1 Å². The number of nitrogens with zero attached hydrogens (tertiary/aromatic N) is 1. The third-order valence-corrected chi connectivity index (χ3v) is 3.28. The molecule has 20 heavy (non-hydrogen) atoms. The smallest absolute Gasteiger partial charge is 0.143 e. The lowest BCUT2D eigenvalue weighted by molar-refractivity contribution is 0.629. The Balaban J connectivity index is 2.47. The number of rotatable bonds is 3. The van der Waals surface area contributed by atoms with Crippen LogP contribution in [-0.4, -0.2) is 9.97 Å². The summed E-state index contributed by atoms with van der Waals surface area (Å²) in [6.07, 6.45) is 0. The van der Waals surface area contributed by atoms with Gasteiger partial charge in [-0.1, -0.05) is 23.8 Å². The number of aryl methyl sites for hydroxylation is 2. The van der Waals surface area contributed by atoms with Gasteiger partial charge in [-0.3, -0.25) is 4.98 Å². The summed E-state index contributed by atoms with van der Waals surface area (Å²) in [6.45, 7) is 3.69. The predicted molar refractivity (Wildman–Crippen MR) is 84.3 cm³/mol. The molecule has 0 amide bonds. The second-order valence-electron chi connectivity index (χ2n) is 4.39. The lowest BCUT2D eigenvalue weighted by Gasteiger charge is -2.14. The fourth-order valence-electron chi connectivity index (χ4n) is 1.97. The normalized spacial score (nSPS) is 10.4. The number of hydrogen-bond acceptors (Lipinski definition) is 3. The summed E-state index contributed by atoms with van der Waals surface area (Å²) < 4.78 is 13.5. The van der Waals surface area contributed by atoms with Gasteiger partial charge in [0, 0.05) is 17.1 Å². The molecule has 2 rings (SSSR count). The molecule has 0 radical (unpaired) electrons. The van der Waals surface area contributed by atoms with Crippen LogP contribution in [0.3, 0.4) is 0 Å². The molecule has 0 aliphatic rings. The zero-order valence-corrected chi connectivity index (χ0v) is 12.6. The number of thiocarbonyl (C=S) groups is 1. The van der Waals surface area contributed by atoms with E-state index in [-0.39, 0.29) is 10.0 Å². The quantitative estimate of drug-likeness (QED) is 0.845. The molecule has 0 bridgehead atoms. The number of pyridine rings is 1. The third-order valence-electron chi connectivity index (χ3n) is 2.77. The maximum Gasteiger partial charge on any atom is 0.143 e. The molecule has 1 aromatic carbocycles. The standard InChI is InChI=1S/C14H13ClFN3S/c1-7-5-12(13(14(17)20)8(2)18-7)19-9-3-4-10(15)11(16)6-9/h3-6H,1-2H3,(H2,17,20)(H,18,19). The van der Waals surface area contributed by atoms with Crippen molar-refractivity contribution in [1.29, 1.82) is 0 Å². The molecular formula is C14H13ClFN3S. The largest absolute Gasteiger partial charge is 0.389 e. The highest BCUT2D eigenvalue weighted by molar-refractivity contribution is 7.80. The molecule has 3 nitrogen and oxygen atoms in total. The van der Waals surface area contributed by atoms with Crippen LogP contribution in [0.1, 0.15) is 17.0 Å². The van der Waals surface area contributed by atoms with Gasteiger partial charge in [0.05, 0.1) is 16.3 Å². The Hall–Kier alpha value is -1.72. The second-order valence-corrected chi connectivity index (χ2v) is 5.24. The van der Waals surface area contributed by atoms with E-state index in [9.17, 15) is 4.39 Å². The van der Waals surface area contributed by atoms with Crippen molar-refractivity contribution in [3.63, 3.8) is 0 Å². The van der Waals surface area contributed by atoms with E-state index in [0.29, 0.717) is 16.9 Å². The average molecular weight is 310 g/mol.